The molecule has 3 heterocycles. The van der Waals surface area contributed by atoms with Crippen molar-refractivity contribution in [2.24, 2.45) is 5.92 Å². The van der Waals surface area contributed by atoms with Gasteiger partial charge in [-0.3, -0.25) is 4.57 Å². The Kier molecular flexibility index (Phi) is 4.95. The summed E-state index contributed by atoms with van der Waals surface area (Å²) in [5.41, 5.74) is 1.06. The Bertz CT molecular complexity index is 692. The van der Waals surface area contributed by atoms with E-state index in [0.717, 1.165) is 13.0 Å². The second-order valence-electron chi connectivity index (χ2n) is 6.38. The van der Waals surface area contributed by atoms with Crippen LogP contribution in [-0.4, -0.2) is 66.3 Å². The molecule has 9 nitrogen and oxygen atoms in total. The van der Waals surface area contributed by atoms with E-state index in [1.165, 1.54) is 12.7 Å². The molecule has 1 saturated heterocycles. The van der Waals surface area contributed by atoms with Crippen molar-refractivity contribution in [1.29, 1.82) is 0 Å². The minimum Gasteiger partial charge on any atom is -0.394 e. The molecule has 0 aromatic carbocycles. The summed E-state index contributed by atoms with van der Waals surface area (Å²) in [5.74, 6) is 1.19. The lowest BCUT2D eigenvalue weighted by Crippen LogP contribution is -2.33. The first-order valence-electron chi connectivity index (χ1n) is 8.06. The molecule has 24 heavy (non-hydrogen) atoms. The van der Waals surface area contributed by atoms with Crippen LogP contribution in [0.3, 0.4) is 0 Å². The molecule has 1 aliphatic rings. The molecule has 0 aliphatic carbocycles. The minimum atomic E-state index is -1.17. The van der Waals surface area contributed by atoms with E-state index >= 15 is 0 Å². The molecule has 0 spiro atoms. The third-order valence-electron chi connectivity index (χ3n) is 4.16. The molecule has 4 atom stereocenters. The van der Waals surface area contributed by atoms with Crippen LogP contribution in [0.15, 0.2) is 12.7 Å². The smallest absolute Gasteiger partial charge is 0.167 e. The normalized spacial score (nSPS) is 27.2. The van der Waals surface area contributed by atoms with Gasteiger partial charge >= 0.3 is 0 Å². The Hall–Kier alpha value is -1.81. The van der Waals surface area contributed by atoms with Gasteiger partial charge in [-0.15, -0.1) is 0 Å². The first kappa shape index (κ1) is 17.0. The van der Waals surface area contributed by atoms with Crippen LogP contribution < -0.4 is 5.32 Å². The number of anilines is 1. The zero-order valence-electron chi connectivity index (χ0n) is 13.7. The molecule has 0 saturated carbocycles. The van der Waals surface area contributed by atoms with E-state index in [0.29, 0.717) is 22.9 Å². The van der Waals surface area contributed by atoms with Crippen LogP contribution in [0.5, 0.6) is 0 Å². The van der Waals surface area contributed by atoms with Gasteiger partial charge < -0.3 is 25.4 Å². The van der Waals surface area contributed by atoms with Crippen LogP contribution in [0, 0.1) is 5.92 Å². The molecule has 2 aromatic rings. The topological polar surface area (TPSA) is 126 Å². The Labute approximate surface area is 139 Å². The fourth-order valence-corrected chi connectivity index (χ4v) is 2.76. The standard InChI is InChI=1S/C15H23N5O4/c1-8(2)3-4-16-13-10-14(18-6-17-13)20(7-19-10)15-12(23)11(22)9(5-21)24-15/h6-9,11-12,15,21-23H,3-5H2,1-2H3,(H,16,17,18)/t9-,11?,12?,15-/m1/s1. The minimum absolute atomic E-state index is 0.377. The summed E-state index contributed by atoms with van der Waals surface area (Å²) in [6.45, 7) is 4.68. The zero-order chi connectivity index (χ0) is 17.3. The largest absolute Gasteiger partial charge is 0.394 e. The van der Waals surface area contributed by atoms with Gasteiger partial charge in [-0.25, -0.2) is 15.0 Å². The third kappa shape index (κ3) is 3.07. The summed E-state index contributed by atoms with van der Waals surface area (Å²) >= 11 is 0. The van der Waals surface area contributed by atoms with Gasteiger partial charge in [0.1, 0.15) is 24.6 Å². The quantitative estimate of drug-likeness (QED) is 0.575. The molecule has 0 amide bonds. The molecular weight excluding hydrogens is 314 g/mol. The highest BCUT2D eigenvalue weighted by Crippen LogP contribution is 2.32. The first-order valence-corrected chi connectivity index (χ1v) is 8.06. The summed E-state index contributed by atoms with van der Waals surface area (Å²) < 4.78 is 7.08. The number of rotatable bonds is 6. The average Bonchev–Trinajstić information content (AvgIpc) is 3.10. The van der Waals surface area contributed by atoms with Crippen LogP contribution in [-0.2, 0) is 4.74 Å². The highest BCUT2D eigenvalue weighted by Gasteiger charge is 2.44. The Morgan fingerprint density at radius 1 is 1.25 bits per heavy atom. The summed E-state index contributed by atoms with van der Waals surface area (Å²) in [4.78, 5) is 12.7. The van der Waals surface area contributed by atoms with E-state index < -0.39 is 24.5 Å². The number of aliphatic hydroxyl groups is 3. The SMILES string of the molecule is CC(C)CCNc1ncnc2c1ncn2[C@@H]1O[C@H](CO)C(O)C1O. The van der Waals surface area contributed by atoms with Crippen LogP contribution in [0.4, 0.5) is 5.82 Å². The summed E-state index contributed by atoms with van der Waals surface area (Å²) in [6.07, 6.45) is -0.128. The Balaban J connectivity index is 1.86. The van der Waals surface area contributed by atoms with E-state index in [1.54, 1.807) is 4.57 Å². The second kappa shape index (κ2) is 6.98. The molecule has 4 N–H and O–H groups in total. The van der Waals surface area contributed by atoms with Gasteiger partial charge in [0, 0.05) is 6.54 Å². The highest BCUT2D eigenvalue weighted by molar-refractivity contribution is 5.82. The van der Waals surface area contributed by atoms with Crippen molar-refractivity contribution in [3.63, 3.8) is 0 Å². The second-order valence-corrected chi connectivity index (χ2v) is 6.38. The maximum absolute atomic E-state index is 10.2. The first-order chi connectivity index (χ1) is 11.5. The predicted molar refractivity (Wildman–Crippen MR) is 86.3 cm³/mol. The van der Waals surface area contributed by atoms with Crippen LogP contribution in [0.25, 0.3) is 11.2 Å². The van der Waals surface area contributed by atoms with Gasteiger partial charge in [0.25, 0.3) is 0 Å². The van der Waals surface area contributed by atoms with Crippen LogP contribution >= 0.6 is 0 Å². The number of fused-ring (bicyclic) bond motifs is 1. The zero-order valence-corrected chi connectivity index (χ0v) is 13.7. The summed E-state index contributed by atoms with van der Waals surface area (Å²) in [6, 6.07) is 0. The van der Waals surface area contributed by atoms with E-state index in [4.69, 9.17) is 4.74 Å². The van der Waals surface area contributed by atoms with Crippen molar-refractivity contribution >= 4 is 17.0 Å². The number of aromatic nitrogens is 4. The van der Waals surface area contributed by atoms with Gasteiger partial charge in [-0.1, -0.05) is 13.8 Å². The molecule has 1 aliphatic heterocycles. The maximum Gasteiger partial charge on any atom is 0.167 e. The van der Waals surface area contributed by atoms with Crippen molar-refractivity contribution < 1.29 is 20.1 Å². The molecule has 2 aromatic heterocycles. The van der Waals surface area contributed by atoms with Crippen molar-refractivity contribution in [1.82, 2.24) is 19.5 Å². The van der Waals surface area contributed by atoms with E-state index in [1.807, 2.05) is 0 Å². The molecular formula is C15H23N5O4. The van der Waals surface area contributed by atoms with Crippen LogP contribution in [0.2, 0.25) is 0 Å². The predicted octanol–water partition coefficient (Wildman–Crippen LogP) is -0.104. The van der Waals surface area contributed by atoms with Gasteiger partial charge in [0.15, 0.2) is 23.2 Å². The van der Waals surface area contributed by atoms with E-state index in [2.05, 4.69) is 34.1 Å². The maximum atomic E-state index is 10.2. The van der Waals surface area contributed by atoms with Crippen molar-refractivity contribution in [3.05, 3.63) is 12.7 Å². The summed E-state index contributed by atoms with van der Waals surface area (Å²) in [5, 5.41) is 32.5. The lowest BCUT2D eigenvalue weighted by Gasteiger charge is -2.16. The lowest BCUT2D eigenvalue weighted by molar-refractivity contribution is -0.0511. The molecule has 0 radical (unpaired) electrons. The highest BCUT2D eigenvalue weighted by atomic mass is 16.6. The number of hydrogen-bond donors (Lipinski definition) is 4. The molecule has 2 unspecified atom stereocenters. The summed E-state index contributed by atoms with van der Waals surface area (Å²) in [7, 11) is 0. The average molecular weight is 337 g/mol. The van der Waals surface area contributed by atoms with Gasteiger partial charge in [-0.05, 0) is 12.3 Å². The number of nitrogens with one attached hydrogen (secondary N) is 1. The molecule has 3 rings (SSSR count). The molecule has 9 heteroatoms. The fourth-order valence-electron chi connectivity index (χ4n) is 2.76. The monoisotopic (exact) mass is 337 g/mol. The molecule has 132 valence electrons. The third-order valence-corrected chi connectivity index (χ3v) is 4.16. The van der Waals surface area contributed by atoms with Gasteiger partial charge in [0.2, 0.25) is 0 Å². The van der Waals surface area contributed by atoms with Crippen molar-refractivity contribution in [2.45, 2.75) is 44.8 Å². The lowest BCUT2D eigenvalue weighted by atomic mass is 10.1. The van der Waals surface area contributed by atoms with Gasteiger partial charge in [-0.2, -0.15) is 0 Å². The number of aliphatic hydroxyl groups excluding tert-OH is 3. The number of ether oxygens (including phenoxy) is 1. The van der Waals surface area contributed by atoms with E-state index in [9.17, 15) is 15.3 Å². The van der Waals surface area contributed by atoms with E-state index in [-0.39, 0.29) is 6.61 Å². The molecule has 0 bridgehead atoms. The van der Waals surface area contributed by atoms with Crippen LogP contribution in [0.1, 0.15) is 26.5 Å². The molecule has 1 fully saturated rings. The van der Waals surface area contributed by atoms with Gasteiger partial charge in [0.05, 0.1) is 12.9 Å². The van der Waals surface area contributed by atoms with Crippen molar-refractivity contribution in [2.75, 3.05) is 18.5 Å². The number of imidazole rings is 1. The Morgan fingerprint density at radius 3 is 2.71 bits per heavy atom. The number of nitrogens with zero attached hydrogens (tertiary/aromatic N) is 4. The van der Waals surface area contributed by atoms with Crippen molar-refractivity contribution in [3.8, 4) is 0 Å². The fraction of sp³-hybridized carbons (Fsp3) is 0.667. The Morgan fingerprint density at radius 2 is 2.04 bits per heavy atom. The number of hydrogen-bond acceptors (Lipinski definition) is 8.